The molecule has 1 amide bonds. The number of aryl methyl sites for hydroxylation is 1. The zero-order valence-corrected chi connectivity index (χ0v) is 17.8. The maximum Gasteiger partial charge on any atom is 0.273 e. The summed E-state index contributed by atoms with van der Waals surface area (Å²) in [7, 11) is 0. The van der Waals surface area contributed by atoms with Gasteiger partial charge in [0.25, 0.3) is 5.91 Å². The number of carbonyl (C=O) groups excluding carboxylic acids is 1. The lowest BCUT2D eigenvalue weighted by Crippen LogP contribution is -2.35. The SMILES string of the molecule is Cc1[nH]c(C=C2C(=O)NN=C2c2nc3ccccc3s2)c(C)c1CN1CCOCC1. The number of aromatic nitrogens is 2. The van der Waals surface area contributed by atoms with E-state index in [9.17, 15) is 4.79 Å². The number of rotatable bonds is 4. The van der Waals surface area contributed by atoms with Crippen molar-refractivity contribution in [3.63, 3.8) is 0 Å². The Morgan fingerprint density at radius 2 is 2.03 bits per heavy atom. The fourth-order valence-corrected chi connectivity index (χ4v) is 4.90. The Hall–Kier alpha value is -2.81. The van der Waals surface area contributed by atoms with E-state index in [1.54, 1.807) is 11.3 Å². The van der Waals surface area contributed by atoms with Crippen molar-refractivity contribution in [3.05, 3.63) is 57.4 Å². The van der Waals surface area contributed by atoms with Gasteiger partial charge < -0.3 is 9.72 Å². The monoisotopic (exact) mass is 421 g/mol. The normalized spacial score (nSPS) is 18.9. The summed E-state index contributed by atoms with van der Waals surface area (Å²) < 4.78 is 6.54. The van der Waals surface area contributed by atoms with Crippen molar-refractivity contribution in [2.75, 3.05) is 26.3 Å². The van der Waals surface area contributed by atoms with Gasteiger partial charge in [-0.2, -0.15) is 5.10 Å². The van der Waals surface area contributed by atoms with Gasteiger partial charge in [0.1, 0.15) is 10.7 Å². The summed E-state index contributed by atoms with van der Waals surface area (Å²) in [5, 5.41) is 5.02. The zero-order valence-electron chi connectivity index (χ0n) is 17.0. The van der Waals surface area contributed by atoms with Gasteiger partial charge in [-0.1, -0.05) is 12.1 Å². The van der Waals surface area contributed by atoms with Crippen molar-refractivity contribution in [2.45, 2.75) is 20.4 Å². The van der Waals surface area contributed by atoms with Crippen LogP contribution in [0.1, 0.15) is 27.5 Å². The summed E-state index contributed by atoms with van der Waals surface area (Å²) in [6.07, 6.45) is 1.90. The molecule has 0 saturated carbocycles. The quantitative estimate of drug-likeness (QED) is 0.635. The molecule has 0 spiro atoms. The van der Waals surface area contributed by atoms with Crippen molar-refractivity contribution in [3.8, 4) is 0 Å². The van der Waals surface area contributed by atoms with Gasteiger partial charge in [0.05, 0.1) is 29.0 Å². The molecule has 0 unspecified atom stereocenters. The van der Waals surface area contributed by atoms with Gasteiger partial charge in [0.15, 0.2) is 0 Å². The fourth-order valence-electron chi connectivity index (χ4n) is 3.93. The number of thiazole rings is 1. The molecule has 0 atom stereocenters. The molecule has 30 heavy (non-hydrogen) atoms. The Morgan fingerprint density at radius 3 is 2.83 bits per heavy atom. The van der Waals surface area contributed by atoms with E-state index >= 15 is 0 Å². The molecule has 7 nitrogen and oxygen atoms in total. The molecule has 2 N–H and O–H groups in total. The number of hydrogen-bond donors (Lipinski definition) is 2. The number of nitrogens with zero attached hydrogens (tertiary/aromatic N) is 3. The zero-order chi connectivity index (χ0) is 20.7. The Kier molecular flexibility index (Phi) is 4.98. The molecular weight excluding hydrogens is 398 g/mol. The number of amides is 1. The van der Waals surface area contributed by atoms with Crippen LogP contribution in [0, 0.1) is 13.8 Å². The maximum absolute atomic E-state index is 12.5. The van der Waals surface area contributed by atoms with Gasteiger partial charge >= 0.3 is 0 Å². The third-order valence-corrected chi connectivity index (χ3v) is 6.71. The van der Waals surface area contributed by atoms with Crippen molar-refractivity contribution in [1.82, 2.24) is 20.3 Å². The minimum atomic E-state index is -0.203. The van der Waals surface area contributed by atoms with Crippen LogP contribution in [0.2, 0.25) is 0 Å². The topological polar surface area (TPSA) is 82.6 Å². The van der Waals surface area contributed by atoms with Crippen LogP contribution in [0.3, 0.4) is 0 Å². The highest BCUT2D eigenvalue weighted by molar-refractivity contribution is 7.20. The number of H-pyrrole nitrogens is 1. The first-order valence-corrected chi connectivity index (χ1v) is 10.9. The molecular formula is C22H23N5O2S. The number of benzene rings is 1. The summed E-state index contributed by atoms with van der Waals surface area (Å²) in [5.74, 6) is -0.203. The smallest absolute Gasteiger partial charge is 0.273 e. The number of carbonyl (C=O) groups is 1. The molecule has 154 valence electrons. The number of para-hydroxylation sites is 1. The molecule has 0 radical (unpaired) electrons. The van der Waals surface area contributed by atoms with Crippen molar-refractivity contribution in [2.24, 2.45) is 5.10 Å². The minimum absolute atomic E-state index is 0.203. The van der Waals surface area contributed by atoms with Crippen LogP contribution in [-0.2, 0) is 16.1 Å². The van der Waals surface area contributed by atoms with E-state index in [4.69, 9.17) is 4.74 Å². The van der Waals surface area contributed by atoms with E-state index in [1.165, 1.54) is 5.56 Å². The third kappa shape index (κ3) is 3.47. The van der Waals surface area contributed by atoms with Crippen LogP contribution in [0.5, 0.6) is 0 Å². The number of fused-ring (bicyclic) bond motifs is 1. The molecule has 1 aromatic carbocycles. The largest absolute Gasteiger partial charge is 0.379 e. The first-order valence-electron chi connectivity index (χ1n) is 10.0. The first-order chi connectivity index (χ1) is 14.6. The van der Waals surface area contributed by atoms with E-state index in [0.29, 0.717) is 11.3 Å². The van der Waals surface area contributed by atoms with Crippen LogP contribution >= 0.6 is 11.3 Å². The van der Waals surface area contributed by atoms with E-state index in [1.807, 2.05) is 30.3 Å². The third-order valence-electron chi connectivity index (χ3n) is 5.67. The van der Waals surface area contributed by atoms with Gasteiger partial charge in [-0.15, -0.1) is 11.3 Å². The molecule has 3 aromatic rings. The second kappa shape index (κ2) is 7.79. The van der Waals surface area contributed by atoms with Crippen LogP contribution in [0.25, 0.3) is 16.3 Å². The fraction of sp³-hybridized carbons (Fsp3) is 0.318. The van der Waals surface area contributed by atoms with Crippen molar-refractivity contribution in [1.29, 1.82) is 0 Å². The number of hydrogen-bond acceptors (Lipinski definition) is 6. The molecule has 1 saturated heterocycles. The molecule has 2 aromatic heterocycles. The summed E-state index contributed by atoms with van der Waals surface area (Å²) in [4.78, 5) is 23.1. The number of ether oxygens (including phenoxy) is 1. The highest BCUT2D eigenvalue weighted by Gasteiger charge is 2.27. The van der Waals surface area contributed by atoms with Crippen molar-refractivity contribution >= 4 is 39.2 Å². The Bertz CT molecular complexity index is 1150. The van der Waals surface area contributed by atoms with E-state index in [-0.39, 0.29) is 5.91 Å². The molecule has 4 heterocycles. The summed E-state index contributed by atoms with van der Waals surface area (Å²) in [6.45, 7) is 8.51. The standard InChI is InChI=1S/C22H23N5O2S/c1-13-16(12-27-7-9-29-10-8-27)14(2)23-18(13)11-15-20(25-26-21(15)28)22-24-17-5-3-4-6-19(17)30-22/h3-6,11,23H,7-10,12H2,1-2H3,(H,26,28). The molecule has 1 fully saturated rings. The van der Waals surface area contributed by atoms with Gasteiger partial charge in [0, 0.05) is 31.0 Å². The Balaban J connectivity index is 1.47. The Labute approximate surface area is 178 Å². The first kappa shape index (κ1) is 19.2. The van der Waals surface area contributed by atoms with E-state index in [0.717, 1.165) is 65.0 Å². The lowest BCUT2D eigenvalue weighted by molar-refractivity contribution is -0.116. The van der Waals surface area contributed by atoms with Crippen LogP contribution in [0.4, 0.5) is 0 Å². The number of aromatic amines is 1. The molecule has 5 rings (SSSR count). The van der Waals surface area contributed by atoms with Crippen LogP contribution in [0.15, 0.2) is 34.9 Å². The van der Waals surface area contributed by atoms with E-state index < -0.39 is 0 Å². The number of hydrazone groups is 1. The average molecular weight is 422 g/mol. The molecule has 2 aliphatic heterocycles. The predicted octanol–water partition coefficient (Wildman–Crippen LogP) is 2.99. The summed E-state index contributed by atoms with van der Waals surface area (Å²) in [5.41, 5.74) is 9.16. The second-order valence-corrected chi connectivity index (χ2v) is 8.63. The molecule has 8 heteroatoms. The minimum Gasteiger partial charge on any atom is -0.379 e. The number of morpholine rings is 1. The second-order valence-electron chi connectivity index (χ2n) is 7.60. The number of nitrogens with one attached hydrogen (secondary N) is 2. The van der Waals surface area contributed by atoms with Crippen molar-refractivity contribution < 1.29 is 9.53 Å². The van der Waals surface area contributed by atoms with Crippen LogP contribution in [-0.4, -0.2) is 52.8 Å². The lowest BCUT2D eigenvalue weighted by atomic mass is 10.1. The van der Waals surface area contributed by atoms with Gasteiger partial charge in [-0.25, -0.2) is 10.4 Å². The van der Waals surface area contributed by atoms with Gasteiger partial charge in [-0.3, -0.25) is 9.69 Å². The predicted molar refractivity (Wildman–Crippen MR) is 119 cm³/mol. The van der Waals surface area contributed by atoms with Gasteiger partial charge in [0.2, 0.25) is 0 Å². The molecule has 2 aliphatic rings. The summed E-state index contributed by atoms with van der Waals surface area (Å²) in [6, 6.07) is 7.95. The van der Waals surface area contributed by atoms with E-state index in [2.05, 4.69) is 39.2 Å². The maximum atomic E-state index is 12.5. The molecule has 0 aliphatic carbocycles. The Morgan fingerprint density at radius 1 is 1.23 bits per heavy atom. The highest BCUT2D eigenvalue weighted by atomic mass is 32.1. The average Bonchev–Trinajstić information content (AvgIpc) is 3.41. The molecule has 0 bridgehead atoms. The van der Waals surface area contributed by atoms with Crippen LogP contribution < -0.4 is 5.43 Å². The lowest BCUT2D eigenvalue weighted by Gasteiger charge is -2.26. The highest BCUT2D eigenvalue weighted by Crippen LogP contribution is 2.28. The summed E-state index contributed by atoms with van der Waals surface area (Å²) >= 11 is 1.54. The van der Waals surface area contributed by atoms with Gasteiger partial charge in [-0.05, 0) is 43.2 Å².